The normalized spacial score (nSPS) is 18.1. The lowest BCUT2D eigenvalue weighted by molar-refractivity contribution is -0.121. The van der Waals surface area contributed by atoms with Gasteiger partial charge in [0.05, 0.1) is 0 Å². The Hall–Kier alpha value is -0.490. The van der Waals surface area contributed by atoms with Gasteiger partial charge < -0.3 is 16.0 Å². The lowest BCUT2D eigenvalue weighted by atomic mass is 10.2. The maximum absolute atomic E-state index is 11.8. The van der Waals surface area contributed by atoms with Gasteiger partial charge in [0.1, 0.15) is 0 Å². The highest BCUT2D eigenvalue weighted by molar-refractivity contribution is 9.10. The molecular weight excluding hydrogens is 389 g/mol. The number of carbonyl (C=O) groups excluding carboxylic acids is 1. The summed E-state index contributed by atoms with van der Waals surface area (Å²) in [7, 11) is 0. The Morgan fingerprint density at radius 1 is 1.41 bits per heavy atom. The number of nitrogens with two attached hydrogens (primary N) is 1. The molecule has 2 rings (SSSR count). The molecule has 0 bridgehead atoms. The van der Waals surface area contributed by atoms with Crippen molar-refractivity contribution in [1.82, 2.24) is 5.32 Å². The van der Waals surface area contributed by atoms with Crippen molar-refractivity contribution in [3.05, 3.63) is 28.7 Å². The Labute approximate surface area is 153 Å². The fourth-order valence-corrected chi connectivity index (χ4v) is 2.69. The summed E-state index contributed by atoms with van der Waals surface area (Å²) >= 11 is 3.44. The van der Waals surface area contributed by atoms with E-state index in [1.54, 1.807) is 0 Å². The Bertz CT molecular complexity index is 457. The zero-order chi connectivity index (χ0) is 14.5. The topological polar surface area (TPSA) is 58.4 Å². The van der Waals surface area contributed by atoms with Crippen LogP contribution in [0.25, 0.3) is 0 Å². The van der Waals surface area contributed by atoms with Crippen molar-refractivity contribution in [2.75, 3.05) is 18.0 Å². The Balaban J connectivity index is 0.00000220. The van der Waals surface area contributed by atoms with E-state index in [2.05, 4.69) is 38.3 Å². The molecule has 0 spiro atoms. The summed E-state index contributed by atoms with van der Waals surface area (Å²) in [6, 6.07) is 8.63. The monoisotopic (exact) mass is 411 g/mol. The van der Waals surface area contributed by atoms with Crippen molar-refractivity contribution in [1.29, 1.82) is 0 Å². The molecule has 3 N–H and O–H groups in total. The molecule has 0 aromatic heterocycles. The molecule has 2 unspecified atom stereocenters. The summed E-state index contributed by atoms with van der Waals surface area (Å²) in [5.41, 5.74) is 6.88. The zero-order valence-corrected chi connectivity index (χ0v) is 15.8. The van der Waals surface area contributed by atoms with Crippen LogP contribution in [-0.4, -0.2) is 31.1 Å². The molecule has 1 fully saturated rings. The van der Waals surface area contributed by atoms with Gasteiger partial charge in [-0.05, 0) is 44.0 Å². The van der Waals surface area contributed by atoms with Crippen LogP contribution in [0.15, 0.2) is 28.7 Å². The van der Waals surface area contributed by atoms with Crippen LogP contribution in [0.2, 0.25) is 0 Å². The number of hydrogen-bond donors (Lipinski definition) is 2. The number of nitrogens with one attached hydrogen (secondary N) is 1. The molecule has 1 aromatic carbocycles. The predicted molar refractivity (Wildman–Crippen MR) is 100 cm³/mol. The smallest absolute Gasteiger partial charge is 0.220 e. The number of hydrogen-bond acceptors (Lipinski definition) is 3. The van der Waals surface area contributed by atoms with Crippen LogP contribution in [-0.2, 0) is 4.79 Å². The Kier molecular flexibility index (Phi) is 10.1. The fraction of sp³-hybridized carbons (Fsp3) is 0.533. The number of amides is 1. The van der Waals surface area contributed by atoms with Gasteiger partial charge >= 0.3 is 0 Å². The third-order valence-electron chi connectivity index (χ3n) is 3.57. The summed E-state index contributed by atoms with van der Waals surface area (Å²) in [6.45, 7) is 3.80. The first kappa shape index (κ1) is 21.5. The van der Waals surface area contributed by atoms with Gasteiger partial charge in [-0.15, -0.1) is 24.8 Å². The van der Waals surface area contributed by atoms with Gasteiger partial charge in [-0.1, -0.05) is 15.9 Å². The van der Waals surface area contributed by atoms with E-state index in [0.29, 0.717) is 6.42 Å². The average Bonchev–Trinajstić information content (AvgIpc) is 2.85. The molecule has 1 aromatic rings. The summed E-state index contributed by atoms with van der Waals surface area (Å²) in [5, 5.41) is 3.10. The molecule has 1 saturated heterocycles. The number of rotatable bonds is 5. The van der Waals surface area contributed by atoms with E-state index in [9.17, 15) is 4.79 Å². The van der Waals surface area contributed by atoms with Crippen molar-refractivity contribution >= 4 is 52.3 Å². The summed E-state index contributed by atoms with van der Waals surface area (Å²) in [4.78, 5) is 14.1. The zero-order valence-electron chi connectivity index (χ0n) is 12.6. The van der Waals surface area contributed by atoms with E-state index < -0.39 is 0 Å². The highest BCUT2D eigenvalue weighted by Crippen LogP contribution is 2.22. The summed E-state index contributed by atoms with van der Waals surface area (Å²) < 4.78 is 1.08. The van der Waals surface area contributed by atoms with Gasteiger partial charge in [0.15, 0.2) is 0 Å². The minimum absolute atomic E-state index is 0. The van der Waals surface area contributed by atoms with Crippen molar-refractivity contribution in [3.8, 4) is 0 Å². The lowest BCUT2D eigenvalue weighted by Crippen LogP contribution is -2.37. The van der Waals surface area contributed by atoms with Crippen LogP contribution in [0.5, 0.6) is 0 Å². The van der Waals surface area contributed by atoms with Crippen LogP contribution in [0.4, 0.5) is 5.69 Å². The quantitative estimate of drug-likeness (QED) is 0.780. The Morgan fingerprint density at radius 3 is 2.64 bits per heavy atom. The van der Waals surface area contributed by atoms with Crippen LogP contribution < -0.4 is 16.0 Å². The molecule has 1 aliphatic rings. The lowest BCUT2D eigenvalue weighted by Gasteiger charge is -2.19. The van der Waals surface area contributed by atoms with E-state index in [4.69, 9.17) is 5.73 Å². The van der Waals surface area contributed by atoms with Gasteiger partial charge in [-0.3, -0.25) is 4.79 Å². The first-order chi connectivity index (χ1) is 9.54. The standard InChI is InChI=1S/C15H22BrN3O.2ClH/c1-11(17)2-7-15(20)18-13-8-9-19(10-13)14-5-3-12(16)4-6-14;;/h3-6,11,13H,2,7-10,17H2,1H3,(H,18,20);2*1H. The average molecular weight is 413 g/mol. The molecule has 1 aliphatic heterocycles. The second-order valence-corrected chi connectivity index (χ2v) is 6.41. The van der Waals surface area contributed by atoms with E-state index in [1.807, 2.05) is 19.1 Å². The van der Waals surface area contributed by atoms with E-state index >= 15 is 0 Å². The molecule has 1 amide bonds. The summed E-state index contributed by atoms with van der Waals surface area (Å²) in [6.07, 6.45) is 2.27. The van der Waals surface area contributed by atoms with Gasteiger partial charge in [-0.2, -0.15) is 0 Å². The third-order valence-corrected chi connectivity index (χ3v) is 4.10. The van der Waals surface area contributed by atoms with Crippen molar-refractivity contribution in [2.45, 2.75) is 38.3 Å². The molecule has 22 heavy (non-hydrogen) atoms. The first-order valence-electron chi connectivity index (χ1n) is 7.10. The van der Waals surface area contributed by atoms with Gasteiger partial charge in [0.2, 0.25) is 5.91 Å². The second kappa shape index (κ2) is 10.3. The highest BCUT2D eigenvalue weighted by Gasteiger charge is 2.23. The van der Waals surface area contributed by atoms with Crippen LogP contribution in [0.1, 0.15) is 26.2 Å². The maximum atomic E-state index is 11.8. The number of nitrogens with zero attached hydrogens (tertiary/aromatic N) is 1. The Morgan fingerprint density at radius 2 is 2.05 bits per heavy atom. The van der Waals surface area contributed by atoms with Crippen molar-refractivity contribution in [2.24, 2.45) is 5.73 Å². The minimum Gasteiger partial charge on any atom is -0.369 e. The van der Waals surface area contributed by atoms with Crippen LogP contribution in [0, 0.1) is 0 Å². The maximum Gasteiger partial charge on any atom is 0.220 e. The highest BCUT2D eigenvalue weighted by atomic mass is 79.9. The second-order valence-electron chi connectivity index (χ2n) is 5.49. The van der Waals surface area contributed by atoms with Crippen LogP contribution in [0.3, 0.4) is 0 Å². The van der Waals surface area contributed by atoms with Gasteiger partial charge in [0.25, 0.3) is 0 Å². The van der Waals surface area contributed by atoms with Crippen molar-refractivity contribution in [3.63, 3.8) is 0 Å². The molecule has 126 valence electrons. The minimum atomic E-state index is 0. The number of anilines is 1. The SMILES string of the molecule is CC(N)CCC(=O)NC1CCN(c2ccc(Br)cc2)C1.Cl.Cl. The van der Waals surface area contributed by atoms with Crippen molar-refractivity contribution < 1.29 is 4.79 Å². The fourth-order valence-electron chi connectivity index (χ4n) is 2.42. The van der Waals surface area contributed by atoms with E-state index in [1.165, 1.54) is 5.69 Å². The number of halogens is 3. The van der Waals surface area contributed by atoms with Crippen LogP contribution >= 0.6 is 40.7 Å². The predicted octanol–water partition coefficient (Wildman–Crippen LogP) is 3.12. The molecule has 7 heteroatoms. The largest absolute Gasteiger partial charge is 0.369 e. The number of benzene rings is 1. The third kappa shape index (κ3) is 6.73. The molecule has 0 saturated carbocycles. The molecular formula is C15H24BrCl2N3O. The molecule has 1 heterocycles. The summed E-state index contributed by atoms with van der Waals surface area (Å²) in [5.74, 6) is 0.116. The first-order valence-corrected chi connectivity index (χ1v) is 7.89. The number of carbonyl (C=O) groups is 1. The van der Waals surface area contributed by atoms with E-state index in [0.717, 1.165) is 30.4 Å². The molecule has 2 atom stereocenters. The molecule has 4 nitrogen and oxygen atoms in total. The molecule has 0 aliphatic carbocycles. The van der Waals surface area contributed by atoms with E-state index in [-0.39, 0.29) is 42.8 Å². The molecule has 0 radical (unpaired) electrons. The van der Waals surface area contributed by atoms with Gasteiger partial charge in [0, 0.05) is 41.8 Å². The van der Waals surface area contributed by atoms with Gasteiger partial charge in [-0.25, -0.2) is 0 Å².